The summed E-state index contributed by atoms with van der Waals surface area (Å²) in [5.41, 5.74) is 2.00. The van der Waals surface area contributed by atoms with Crippen molar-refractivity contribution in [3.8, 4) is 0 Å². The summed E-state index contributed by atoms with van der Waals surface area (Å²) >= 11 is 0. The van der Waals surface area contributed by atoms with Crippen LogP contribution in [0.5, 0.6) is 0 Å². The van der Waals surface area contributed by atoms with Crippen molar-refractivity contribution in [2.24, 2.45) is 11.1 Å². The molecular weight excluding hydrogens is 150 g/mol. The van der Waals surface area contributed by atoms with E-state index in [1.165, 1.54) is 6.92 Å². The minimum Gasteiger partial charge on any atom is -0.395 e. The lowest BCUT2D eigenvalue weighted by atomic mass is 9.81. The first-order valence-electron chi connectivity index (χ1n) is 3.27. The third-order valence-corrected chi connectivity index (χ3v) is 1.98. The molecule has 0 fully saturated rings. The van der Waals surface area contributed by atoms with E-state index in [1.54, 1.807) is 0 Å². The van der Waals surface area contributed by atoms with Gasteiger partial charge in [0, 0.05) is 0 Å². The van der Waals surface area contributed by atoms with Crippen LogP contribution in [0, 0.1) is 5.41 Å². The van der Waals surface area contributed by atoms with E-state index < -0.39 is 31.0 Å². The Morgan fingerprint density at radius 3 is 1.36 bits per heavy atom. The highest BCUT2D eigenvalue weighted by molar-refractivity contribution is 4.90. The molecule has 0 amide bonds. The lowest BCUT2D eigenvalue weighted by molar-refractivity contribution is -0.140. The van der Waals surface area contributed by atoms with E-state index in [0.29, 0.717) is 0 Å². The Morgan fingerprint density at radius 1 is 1.09 bits per heavy atom. The molecule has 0 saturated carbocycles. The first-order chi connectivity index (χ1) is 4.93. The van der Waals surface area contributed by atoms with Crippen LogP contribution in [0.4, 0.5) is 0 Å². The molecule has 1 atom stereocenters. The maximum atomic E-state index is 9.23. The number of rotatable bonds is 4. The van der Waals surface area contributed by atoms with Gasteiger partial charge in [0.1, 0.15) is 5.72 Å². The predicted octanol–water partition coefficient (Wildman–Crippen LogP) is -2.38. The van der Waals surface area contributed by atoms with Crippen LogP contribution in [0.3, 0.4) is 0 Å². The zero-order valence-corrected chi connectivity index (χ0v) is 6.49. The molecule has 0 aromatic heterocycles. The van der Waals surface area contributed by atoms with Crippen LogP contribution >= 0.6 is 0 Å². The van der Waals surface area contributed by atoms with Gasteiger partial charge in [-0.05, 0) is 6.92 Å². The average Bonchev–Trinajstić information content (AvgIpc) is 1.90. The van der Waals surface area contributed by atoms with Gasteiger partial charge < -0.3 is 26.2 Å². The molecule has 0 radical (unpaired) electrons. The fraction of sp³-hybridized carbons (Fsp3) is 1.00. The quantitative estimate of drug-likeness (QED) is 0.299. The summed E-state index contributed by atoms with van der Waals surface area (Å²) < 4.78 is 0. The fourth-order valence-corrected chi connectivity index (χ4v) is 0.630. The van der Waals surface area contributed by atoms with Gasteiger partial charge in [0.2, 0.25) is 0 Å². The molecule has 0 aliphatic carbocycles. The van der Waals surface area contributed by atoms with Crippen molar-refractivity contribution < 1.29 is 20.4 Å². The Labute approximate surface area is 65.1 Å². The van der Waals surface area contributed by atoms with Crippen LogP contribution in [0.2, 0.25) is 0 Å². The Balaban J connectivity index is 4.54. The second-order valence-corrected chi connectivity index (χ2v) is 2.90. The van der Waals surface area contributed by atoms with Crippen molar-refractivity contribution in [3.63, 3.8) is 0 Å². The topological polar surface area (TPSA) is 107 Å². The molecule has 0 heterocycles. The molecule has 0 aromatic rings. The maximum absolute atomic E-state index is 9.23. The summed E-state index contributed by atoms with van der Waals surface area (Å²) in [4.78, 5) is 0. The number of nitrogens with two attached hydrogens (primary N) is 1. The van der Waals surface area contributed by atoms with Crippen molar-refractivity contribution in [1.82, 2.24) is 0 Å². The minimum absolute atomic E-state index is 0.566. The van der Waals surface area contributed by atoms with Gasteiger partial charge in [0.25, 0.3) is 0 Å². The molecule has 68 valence electrons. The monoisotopic (exact) mass is 165 g/mol. The molecule has 11 heavy (non-hydrogen) atoms. The van der Waals surface area contributed by atoms with Gasteiger partial charge in [0.05, 0.1) is 25.2 Å². The van der Waals surface area contributed by atoms with Crippen molar-refractivity contribution in [2.75, 3.05) is 19.8 Å². The lowest BCUT2D eigenvalue weighted by Crippen LogP contribution is -2.59. The molecule has 0 aliphatic heterocycles. The van der Waals surface area contributed by atoms with Crippen molar-refractivity contribution >= 4 is 0 Å². The number of aliphatic hydroxyl groups excluding tert-OH is 3. The molecule has 5 nitrogen and oxygen atoms in total. The van der Waals surface area contributed by atoms with Crippen LogP contribution in [-0.4, -0.2) is 46.0 Å². The Morgan fingerprint density at radius 2 is 1.36 bits per heavy atom. The molecule has 5 heteroatoms. The molecule has 0 aromatic carbocycles. The second kappa shape index (κ2) is 3.46. The molecule has 0 spiro atoms. The van der Waals surface area contributed by atoms with Gasteiger partial charge in [-0.2, -0.15) is 0 Å². The van der Waals surface area contributed by atoms with E-state index >= 15 is 0 Å². The Hall–Kier alpha value is -0.200. The highest BCUT2D eigenvalue weighted by Crippen LogP contribution is 2.25. The molecule has 0 bridgehead atoms. The summed E-state index contributed by atoms with van der Waals surface area (Å²) in [5, 5.41) is 35.5. The number of hydrogen-bond acceptors (Lipinski definition) is 5. The lowest BCUT2D eigenvalue weighted by Gasteiger charge is -2.38. The van der Waals surface area contributed by atoms with Crippen LogP contribution in [-0.2, 0) is 0 Å². The zero-order valence-electron chi connectivity index (χ0n) is 6.49. The zero-order chi connectivity index (χ0) is 9.12. The van der Waals surface area contributed by atoms with Gasteiger partial charge in [-0.1, -0.05) is 0 Å². The molecule has 0 aliphatic rings. The Bertz CT molecular complexity index is 108. The second-order valence-electron chi connectivity index (χ2n) is 2.90. The number of hydrogen-bond donors (Lipinski definition) is 5. The SMILES string of the molecule is CC(N)(O)C(CO)(CO)CO. The first-order valence-corrected chi connectivity index (χ1v) is 3.27. The average molecular weight is 165 g/mol. The van der Waals surface area contributed by atoms with Crippen LogP contribution in [0.1, 0.15) is 6.92 Å². The highest BCUT2D eigenvalue weighted by Gasteiger charge is 2.43. The standard InChI is InChI=1S/C6H15NO4/c1-5(7,11)6(2-8,3-9)4-10/h8-11H,2-4,7H2,1H3. The molecular formula is C6H15NO4. The summed E-state index contributed by atoms with van der Waals surface area (Å²) in [5.74, 6) is 0. The van der Waals surface area contributed by atoms with Crippen molar-refractivity contribution in [1.29, 1.82) is 0 Å². The van der Waals surface area contributed by atoms with Crippen LogP contribution in [0.25, 0.3) is 0 Å². The Kier molecular flexibility index (Phi) is 3.40. The molecule has 6 N–H and O–H groups in total. The smallest absolute Gasteiger partial charge is 0.123 e. The van der Waals surface area contributed by atoms with Crippen LogP contribution < -0.4 is 5.73 Å². The van der Waals surface area contributed by atoms with E-state index in [1.807, 2.05) is 0 Å². The maximum Gasteiger partial charge on any atom is 0.123 e. The third-order valence-electron chi connectivity index (χ3n) is 1.98. The minimum atomic E-state index is -1.79. The summed E-state index contributed by atoms with van der Waals surface area (Å²) in [7, 11) is 0. The molecule has 1 unspecified atom stereocenters. The summed E-state index contributed by atoms with van der Waals surface area (Å²) in [6.07, 6.45) is 0. The normalized spacial score (nSPS) is 18.0. The predicted molar refractivity (Wildman–Crippen MR) is 38.5 cm³/mol. The van der Waals surface area contributed by atoms with E-state index in [9.17, 15) is 5.11 Å². The van der Waals surface area contributed by atoms with Gasteiger partial charge >= 0.3 is 0 Å². The van der Waals surface area contributed by atoms with Gasteiger partial charge in [-0.3, -0.25) is 0 Å². The third kappa shape index (κ3) is 1.88. The van der Waals surface area contributed by atoms with Crippen molar-refractivity contribution in [2.45, 2.75) is 12.6 Å². The van der Waals surface area contributed by atoms with E-state index in [2.05, 4.69) is 0 Å². The van der Waals surface area contributed by atoms with Gasteiger partial charge in [-0.15, -0.1) is 0 Å². The summed E-state index contributed by atoms with van der Waals surface area (Å²) in [6, 6.07) is 0. The van der Waals surface area contributed by atoms with Gasteiger partial charge in [0.15, 0.2) is 0 Å². The molecule has 0 rings (SSSR count). The highest BCUT2D eigenvalue weighted by atomic mass is 16.3. The fourth-order valence-electron chi connectivity index (χ4n) is 0.630. The van der Waals surface area contributed by atoms with E-state index in [-0.39, 0.29) is 0 Å². The summed E-state index contributed by atoms with van der Waals surface area (Å²) in [6.45, 7) is -0.480. The van der Waals surface area contributed by atoms with E-state index in [0.717, 1.165) is 0 Å². The number of aliphatic hydroxyl groups is 4. The largest absolute Gasteiger partial charge is 0.395 e. The molecule has 0 saturated heterocycles. The van der Waals surface area contributed by atoms with Crippen LogP contribution in [0.15, 0.2) is 0 Å². The van der Waals surface area contributed by atoms with Crippen molar-refractivity contribution in [3.05, 3.63) is 0 Å². The first kappa shape index (κ1) is 10.8. The van der Waals surface area contributed by atoms with E-state index in [4.69, 9.17) is 21.1 Å². The van der Waals surface area contributed by atoms with Gasteiger partial charge in [-0.25, -0.2) is 0 Å².